The Balaban J connectivity index is 1.62. The third-order valence-corrected chi connectivity index (χ3v) is 4.88. The molecule has 1 spiro atoms. The predicted octanol–water partition coefficient (Wildman–Crippen LogP) is 1.30. The highest BCUT2D eigenvalue weighted by molar-refractivity contribution is 5.81. The van der Waals surface area contributed by atoms with Crippen molar-refractivity contribution >= 4 is 5.91 Å². The van der Waals surface area contributed by atoms with Gasteiger partial charge in [-0.1, -0.05) is 0 Å². The molecule has 0 aromatic carbocycles. The minimum atomic E-state index is -0.163. The van der Waals surface area contributed by atoms with Crippen LogP contribution in [-0.4, -0.2) is 48.2 Å². The predicted molar refractivity (Wildman–Crippen MR) is 69.4 cm³/mol. The normalized spacial score (nSPS) is 35.3. The van der Waals surface area contributed by atoms with Gasteiger partial charge in [-0.05, 0) is 58.5 Å². The number of carbonyl (C=O) groups excluding carboxylic acids is 1. The van der Waals surface area contributed by atoms with E-state index in [0.29, 0.717) is 6.04 Å². The van der Waals surface area contributed by atoms with E-state index in [1.165, 1.54) is 0 Å². The summed E-state index contributed by atoms with van der Waals surface area (Å²) in [6.45, 7) is 5.14. The number of likely N-dealkylation sites (tertiary alicyclic amines) is 1. The number of nitrogens with one attached hydrogen (secondary N) is 1. The van der Waals surface area contributed by atoms with Crippen LogP contribution < -0.4 is 5.32 Å². The second-order valence-corrected chi connectivity index (χ2v) is 6.10. The van der Waals surface area contributed by atoms with Gasteiger partial charge in [0.15, 0.2) is 0 Å². The monoisotopic (exact) mass is 252 g/mol. The first kappa shape index (κ1) is 12.4. The Morgan fingerprint density at radius 2 is 2.06 bits per heavy atom. The van der Waals surface area contributed by atoms with Crippen LogP contribution in [0.2, 0.25) is 0 Å². The van der Waals surface area contributed by atoms with Crippen molar-refractivity contribution in [3.63, 3.8) is 0 Å². The fourth-order valence-corrected chi connectivity index (χ4v) is 3.68. The lowest BCUT2D eigenvalue weighted by Gasteiger charge is -2.34. The zero-order chi connectivity index (χ0) is 12.6. The number of hydrogen-bond donors (Lipinski definition) is 1. The van der Waals surface area contributed by atoms with Crippen molar-refractivity contribution in [2.24, 2.45) is 0 Å². The maximum absolute atomic E-state index is 12.5. The van der Waals surface area contributed by atoms with Crippen molar-refractivity contribution in [3.8, 4) is 0 Å². The number of rotatable bonds is 1. The van der Waals surface area contributed by atoms with Crippen LogP contribution in [0.1, 0.15) is 45.4 Å². The summed E-state index contributed by atoms with van der Waals surface area (Å²) < 4.78 is 6.18. The topological polar surface area (TPSA) is 41.6 Å². The quantitative estimate of drug-likeness (QED) is 0.765. The highest BCUT2D eigenvalue weighted by Gasteiger charge is 2.45. The highest BCUT2D eigenvalue weighted by atomic mass is 16.5. The first-order chi connectivity index (χ1) is 8.70. The molecule has 1 amide bonds. The minimum Gasteiger partial charge on any atom is -0.362 e. The van der Waals surface area contributed by atoms with E-state index in [2.05, 4.69) is 12.2 Å². The smallest absolute Gasteiger partial charge is 0.251 e. The van der Waals surface area contributed by atoms with Crippen LogP contribution >= 0.6 is 0 Å². The van der Waals surface area contributed by atoms with Gasteiger partial charge in [0, 0.05) is 12.6 Å². The molecule has 3 fully saturated rings. The molecular weight excluding hydrogens is 228 g/mol. The van der Waals surface area contributed by atoms with Crippen LogP contribution in [0.5, 0.6) is 0 Å². The average Bonchev–Trinajstić information content (AvgIpc) is 2.97. The summed E-state index contributed by atoms with van der Waals surface area (Å²) in [5, 5.41) is 3.37. The SMILES string of the molecule is C[C@@H]1CCCN1C(=O)[C@H]1CCC2(CCNCC2)O1. The molecule has 3 heterocycles. The van der Waals surface area contributed by atoms with Crippen LogP contribution in [0.3, 0.4) is 0 Å². The van der Waals surface area contributed by atoms with Crippen molar-refractivity contribution in [2.45, 2.75) is 63.2 Å². The molecule has 3 aliphatic heterocycles. The van der Waals surface area contributed by atoms with Gasteiger partial charge in [-0.3, -0.25) is 4.79 Å². The van der Waals surface area contributed by atoms with Crippen molar-refractivity contribution in [2.75, 3.05) is 19.6 Å². The first-order valence-electron chi connectivity index (χ1n) is 7.39. The summed E-state index contributed by atoms with van der Waals surface area (Å²) in [5.41, 5.74) is 0.00847. The standard InChI is InChI=1S/C14H24N2O2/c1-11-3-2-10-16(11)13(17)12-4-5-14(18-12)6-8-15-9-7-14/h11-12,15H,2-10H2,1H3/t11-,12-/m1/s1. The van der Waals surface area contributed by atoms with Crippen LogP contribution in [0.15, 0.2) is 0 Å². The molecule has 0 saturated carbocycles. The zero-order valence-corrected chi connectivity index (χ0v) is 11.3. The first-order valence-corrected chi connectivity index (χ1v) is 7.39. The van der Waals surface area contributed by atoms with Crippen molar-refractivity contribution in [1.82, 2.24) is 10.2 Å². The van der Waals surface area contributed by atoms with Gasteiger partial charge in [-0.2, -0.15) is 0 Å². The van der Waals surface area contributed by atoms with Crippen molar-refractivity contribution in [3.05, 3.63) is 0 Å². The van der Waals surface area contributed by atoms with Crippen LogP contribution in [0, 0.1) is 0 Å². The summed E-state index contributed by atoms with van der Waals surface area (Å²) in [4.78, 5) is 14.5. The highest BCUT2D eigenvalue weighted by Crippen LogP contribution is 2.38. The molecule has 0 bridgehead atoms. The maximum Gasteiger partial charge on any atom is 0.251 e. The van der Waals surface area contributed by atoms with E-state index in [9.17, 15) is 4.79 Å². The Hall–Kier alpha value is -0.610. The average molecular weight is 252 g/mol. The lowest BCUT2D eigenvalue weighted by Crippen LogP contribution is -2.45. The third-order valence-electron chi connectivity index (χ3n) is 4.88. The van der Waals surface area contributed by atoms with E-state index in [1.807, 2.05) is 4.90 Å². The van der Waals surface area contributed by atoms with Gasteiger partial charge in [-0.15, -0.1) is 0 Å². The Bertz CT molecular complexity index is 326. The molecule has 18 heavy (non-hydrogen) atoms. The second kappa shape index (κ2) is 4.82. The van der Waals surface area contributed by atoms with Gasteiger partial charge in [0.2, 0.25) is 0 Å². The third kappa shape index (κ3) is 2.16. The molecule has 102 valence electrons. The number of carbonyl (C=O) groups is 1. The number of piperidine rings is 1. The van der Waals surface area contributed by atoms with Crippen LogP contribution in [0.4, 0.5) is 0 Å². The lowest BCUT2D eigenvalue weighted by molar-refractivity contribution is -0.150. The molecule has 0 aromatic heterocycles. The maximum atomic E-state index is 12.5. The zero-order valence-electron chi connectivity index (χ0n) is 11.3. The lowest BCUT2D eigenvalue weighted by atomic mass is 9.89. The Labute approximate surface area is 109 Å². The minimum absolute atomic E-state index is 0.00847. The fourth-order valence-electron chi connectivity index (χ4n) is 3.68. The van der Waals surface area contributed by atoms with Crippen molar-refractivity contribution in [1.29, 1.82) is 0 Å². The molecule has 2 atom stereocenters. The second-order valence-electron chi connectivity index (χ2n) is 6.10. The van der Waals surface area contributed by atoms with E-state index in [-0.39, 0.29) is 17.6 Å². The Morgan fingerprint density at radius 3 is 2.72 bits per heavy atom. The van der Waals surface area contributed by atoms with E-state index < -0.39 is 0 Å². The molecule has 0 radical (unpaired) electrons. The molecular formula is C14H24N2O2. The molecule has 0 aromatic rings. The summed E-state index contributed by atoms with van der Waals surface area (Å²) in [5.74, 6) is 0.246. The van der Waals surface area contributed by atoms with Gasteiger partial charge >= 0.3 is 0 Å². The summed E-state index contributed by atoms with van der Waals surface area (Å²) in [6.07, 6.45) is 6.24. The molecule has 0 aliphatic carbocycles. The molecule has 4 nitrogen and oxygen atoms in total. The molecule has 3 rings (SSSR count). The fraction of sp³-hybridized carbons (Fsp3) is 0.929. The Kier molecular flexibility index (Phi) is 3.32. The van der Waals surface area contributed by atoms with E-state index in [4.69, 9.17) is 4.74 Å². The van der Waals surface area contributed by atoms with E-state index in [0.717, 1.165) is 58.2 Å². The molecule has 0 unspecified atom stereocenters. The van der Waals surface area contributed by atoms with Crippen LogP contribution in [-0.2, 0) is 9.53 Å². The van der Waals surface area contributed by atoms with Crippen LogP contribution in [0.25, 0.3) is 0 Å². The number of amides is 1. The molecule has 4 heteroatoms. The van der Waals surface area contributed by atoms with E-state index in [1.54, 1.807) is 0 Å². The molecule has 3 aliphatic rings. The van der Waals surface area contributed by atoms with E-state index >= 15 is 0 Å². The number of ether oxygens (including phenoxy) is 1. The number of hydrogen-bond acceptors (Lipinski definition) is 3. The van der Waals surface area contributed by atoms with Gasteiger partial charge in [0.05, 0.1) is 5.60 Å². The number of nitrogens with zero attached hydrogens (tertiary/aromatic N) is 1. The largest absolute Gasteiger partial charge is 0.362 e. The molecule has 3 saturated heterocycles. The molecule has 1 N–H and O–H groups in total. The summed E-state index contributed by atoms with van der Waals surface area (Å²) in [6, 6.07) is 0.408. The van der Waals surface area contributed by atoms with Gasteiger partial charge < -0.3 is 15.0 Å². The summed E-state index contributed by atoms with van der Waals surface area (Å²) >= 11 is 0. The van der Waals surface area contributed by atoms with Gasteiger partial charge in [0.1, 0.15) is 6.10 Å². The van der Waals surface area contributed by atoms with Gasteiger partial charge in [0.25, 0.3) is 5.91 Å². The van der Waals surface area contributed by atoms with Gasteiger partial charge in [-0.25, -0.2) is 0 Å². The van der Waals surface area contributed by atoms with Crippen molar-refractivity contribution < 1.29 is 9.53 Å². The Morgan fingerprint density at radius 1 is 1.28 bits per heavy atom. The summed E-state index contributed by atoms with van der Waals surface area (Å²) in [7, 11) is 0.